The van der Waals surface area contributed by atoms with Gasteiger partial charge in [-0.2, -0.15) is 0 Å². The third-order valence-corrected chi connectivity index (χ3v) is 6.63. The highest BCUT2D eigenvalue weighted by Gasteiger charge is 2.29. The Morgan fingerprint density at radius 1 is 1.27 bits per heavy atom. The molecule has 0 unspecified atom stereocenters. The van der Waals surface area contributed by atoms with E-state index in [4.69, 9.17) is 10.5 Å². The van der Waals surface area contributed by atoms with E-state index < -0.39 is 17.6 Å². The average molecular weight is 466 g/mol. The molecule has 3 aromatic heterocycles. The summed E-state index contributed by atoms with van der Waals surface area (Å²) >= 11 is 1.36. The van der Waals surface area contributed by atoms with Gasteiger partial charge in [-0.3, -0.25) is 4.79 Å². The van der Waals surface area contributed by atoms with E-state index in [2.05, 4.69) is 15.3 Å². The minimum Gasteiger partial charge on any atom is -0.459 e. The van der Waals surface area contributed by atoms with Gasteiger partial charge in [0.25, 0.3) is 5.56 Å². The van der Waals surface area contributed by atoms with Gasteiger partial charge in [-0.05, 0) is 56.7 Å². The fourth-order valence-corrected chi connectivity index (χ4v) is 4.34. The van der Waals surface area contributed by atoms with Crippen LogP contribution in [0.1, 0.15) is 41.7 Å². The topological polar surface area (TPSA) is 129 Å². The minimum absolute atomic E-state index is 0.116. The van der Waals surface area contributed by atoms with Gasteiger partial charge in [0.15, 0.2) is 0 Å². The summed E-state index contributed by atoms with van der Waals surface area (Å²) in [5.41, 5.74) is 6.44. The van der Waals surface area contributed by atoms with Gasteiger partial charge in [-0.25, -0.2) is 24.1 Å². The number of hydrogen-bond acceptors (Lipinski definition) is 8. The molecular formula is C23H23N5O4S. The Labute approximate surface area is 193 Å². The zero-order chi connectivity index (χ0) is 23.1. The van der Waals surface area contributed by atoms with Crippen molar-refractivity contribution in [3.8, 4) is 21.8 Å². The van der Waals surface area contributed by atoms with Crippen LogP contribution in [0.3, 0.4) is 0 Å². The molecule has 0 bridgehead atoms. The number of esters is 1. The van der Waals surface area contributed by atoms with E-state index in [-0.39, 0.29) is 22.9 Å². The van der Waals surface area contributed by atoms with E-state index in [0.29, 0.717) is 10.7 Å². The van der Waals surface area contributed by atoms with Crippen molar-refractivity contribution in [2.45, 2.75) is 38.7 Å². The van der Waals surface area contributed by atoms with E-state index >= 15 is 0 Å². The first-order valence-corrected chi connectivity index (χ1v) is 11.7. The normalized spacial score (nSPS) is 15.3. The molecule has 33 heavy (non-hydrogen) atoms. The summed E-state index contributed by atoms with van der Waals surface area (Å²) in [4.78, 5) is 46.7. The molecule has 3 heterocycles. The van der Waals surface area contributed by atoms with Crippen LogP contribution in [0, 0.1) is 12.8 Å². The SMILES string of the molecule is Cc1c(C(=O)OC2CC2)cc(-c2csc(-c3ccnc(NCC4CC4)c3)n2)c(=O)n1C(N)=O. The van der Waals surface area contributed by atoms with E-state index in [1.54, 1.807) is 11.6 Å². The molecule has 3 aromatic rings. The van der Waals surface area contributed by atoms with Crippen molar-refractivity contribution in [1.82, 2.24) is 14.5 Å². The highest BCUT2D eigenvalue weighted by molar-refractivity contribution is 7.13. The number of rotatable bonds is 7. The van der Waals surface area contributed by atoms with Gasteiger partial charge >= 0.3 is 12.0 Å². The van der Waals surface area contributed by atoms with Crippen LogP contribution in [0.2, 0.25) is 0 Å². The second-order valence-corrected chi connectivity index (χ2v) is 9.29. The van der Waals surface area contributed by atoms with Gasteiger partial charge in [0.1, 0.15) is 16.9 Å². The number of primary amides is 1. The molecule has 0 atom stereocenters. The number of thiazole rings is 1. The van der Waals surface area contributed by atoms with E-state index in [1.807, 2.05) is 12.1 Å². The number of nitrogens with zero attached hydrogens (tertiary/aromatic N) is 3. The molecule has 10 heteroatoms. The van der Waals surface area contributed by atoms with Crippen LogP contribution in [0.25, 0.3) is 21.8 Å². The number of carbonyl (C=O) groups excluding carboxylic acids is 2. The molecule has 9 nitrogen and oxygen atoms in total. The van der Waals surface area contributed by atoms with Crippen LogP contribution >= 0.6 is 11.3 Å². The van der Waals surface area contributed by atoms with Gasteiger partial charge in [-0.15, -0.1) is 11.3 Å². The van der Waals surface area contributed by atoms with E-state index in [1.165, 1.54) is 37.2 Å². The Hall–Kier alpha value is -3.53. The number of aromatic nitrogens is 3. The summed E-state index contributed by atoms with van der Waals surface area (Å²) in [5.74, 6) is 0.909. The Morgan fingerprint density at radius 2 is 2.06 bits per heavy atom. The molecule has 5 rings (SSSR count). The molecule has 2 fully saturated rings. The van der Waals surface area contributed by atoms with Crippen LogP contribution < -0.4 is 16.6 Å². The van der Waals surface area contributed by atoms with Crippen LogP contribution in [0.4, 0.5) is 10.6 Å². The lowest BCUT2D eigenvalue weighted by Gasteiger charge is -2.12. The summed E-state index contributed by atoms with van der Waals surface area (Å²) in [7, 11) is 0. The zero-order valence-corrected chi connectivity index (χ0v) is 18.9. The van der Waals surface area contributed by atoms with Crippen molar-refractivity contribution in [2.75, 3.05) is 11.9 Å². The average Bonchev–Trinajstić information content (AvgIpc) is 3.72. The van der Waals surface area contributed by atoms with Gasteiger partial charge in [0.2, 0.25) is 0 Å². The summed E-state index contributed by atoms with van der Waals surface area (Å²) in [5, 5.41) is 5.75. The maximum atomic E-state index is 13.1. The molecular weight excluding hydrogens is 442 g/mol. The third kappa shape index (κ3) is 4.51. The first kappa shape index (κ1) is 21.3. The molecule has 0 aliphatic heterocycles. The molecule has 2 saturated carbocycles. The molecule has 3 N–H and O–H groups in total. The first-order valence-electron chi connectivity index (χ1n) is 10.8. The van der Waals surface area contributed by atoms with E-state index in [0.717, 1.165) is 41.3 Å². The lowest BCUT2D eigenvalue weighted by Crippen LogP contribution is -2.35. The first-order chi connectivity index (χ1) is 15.9. The monoisotopic (exact) mass is 465 g/mol. The van der Waals surface area contributed by atoms with Gasteiger partial charge in [0, 0.05) is 29.4 Å². The van der Waals surface area contributed by atoms with Crippen molar-refractivity contribution < 1.29 is 14.3 Å². The number of ether oxygens (including phenoxy) is 1. The van der Waals surface area contributed by atoms with Crippen molar-refractivity contribution in [3.63, 3.8) is 0 Å². The fourth-order valence-electron chi connectivity index (χ4n) is 3.52. The van der Waals surface area contributed by atoms with Gasteiger partial charge in [0.05, 0.1) is 16.8 Å². The number of amides is 1. The van der Waals surface area contributed by atoms with Crippen LogP contribution in [0.15, 0.2) is 34.6 Å². The molecule has 2 aliphatic carbocycles. The van der Waals surface area contributed by atoms with Crippen molar-refractivity contribution in [3.05, 3.63) is 51.4 Å². The molecule has 1 amide bonds. The largest absolute Gasteiger partial charge is 0.459 e. The zero-order valence-electron chi connectivity index (χ0n) is 18.0. The smallest absolute Gasteiger partial charge is 0.340 e. The summed E-state index contributed by atoms with van der Waals surface area (Å²) < 4.78 is 6.18. The molecule has 170 valence electrons. The fraction of sp³-hybridized carbons (Fsp3) is 0.348. The number of nitrogens with one attached hydrogen (secondary N) is 1. The quantitative estimate of drug-likeness (QED) is 0.512. The Kier molecular flexibility index (Phi) is 5.45. The van der Waals surface area contributed by atoms with Crippen molar-refractivity contribution in [2.24, 2.45) is 11.7 Å². The standard InChI is InChI=1S/C23H23N5O4S/c1-12-16(22(30)32-15-4-5-15)9-17(21(29)28(12)23(24)31)18-11-33-20(27-18)14-6-7-25-19(8-14)26-10-13-2-3-13/h6-9,11,13,15H,2-5,10H2,1H3,(H2,24,31)(H,25,26). The van der Waals surface area contributed by atoms with E-state index in [9.17, 15) is 14.4 Å². The molecule has 0 saturated heterocycles. The number of nitrogens with two attached hydrogens (primary N) is 1. The predicted octanol–water partition coefficient (Wildman–Crippen LogP) is 3.41. The summed E-state index contributed by atoms with van der Waals surface area (Å²) in [6, 6.07) is 4.24. The van der Waals surface area contributed by atoms with Crippen molar-refractivity contribution >= 4 is 29.2 Å². The highest BCUT2D eigenvalue weighted by atomic mass is 32.1. The van der Waals surface area contributed by atoms with Gasteiger partial charge in [-0.1, -0.05) is 0 Å². The number of pyridine rings is 2. The second kappa shape index (κ2) is 8.43. The summed E-state index contributed by atoms with van der Waals surface area (Å²) in [6.07, 6.45) is 5.71. The molecule has 2 aliphatic rings. The molecule has 0 aromatic carbocycles. The second-order valence-electron chi connectivity index (χ2n) is 8.43. The number of anilines is 1. The Bertz CT molecular complexity index is 1310. The highest BCUT2D eigenvalue weighted by Crippen LogP contribution is 2.31. The number of carbonyl (C=O) groups is 2. The maximum absolute atomic E-state index is 13.1. The van der Waals surface area contributed by atoms with Crippen LogP contribution in [-0.2, 0) is 4.74 Å². The number of hydrogen-bond donors (Lipinski definition) is 2. The van der Waals surface area contributed by atoms with Crippen molar-refractivity contribution in [1.29, 1.82) is 0 Å². The lowest BCUT2D eigenvalue weighted by molar-refractivity contribution is 0.0470. The maximum Gasteiger partial charge on any atom is 0.340 e. The predicted molar refractivity (Wildman–Crippen MR) is 124 cm³/mol. The molecule has 0 radical (unpaired) electrons. The third-order valence-electron chi connectivity index (χ3n) is 5.74. The Balaban J connectivity index is 1.50. The minimum atomic E-state index is -0.962. The Morgan fingerprint density at radius 3 is 2.76 bits per heavy atom. The lowest BCUT2D eigenvalue weighted by atomic mass is 10.1. The van der Waals surface area contributed by atoms with Gasteiger partial charge < -0.3 is 15.8 Å². The molecule has 0 spiro atoms. The van der Waals surface area contributed by atoms with Crippen LogP contribution in [0.5, 0.6) is 0 Å². The van der Waals surface area contributed by atoms with Crippen LogP contribution in [-0.4, -0.2) is 39.2 Å². The summed E-state index contributed by atoms with van der Waals surface area (Å²) in [6.45, 7) is 2.40.